The molecule has 72 valence electrons. The van der Waals surface area contributed by atoms with E-state index in [-0.39, 0.29) is 0 Å². The average molecular weight is 200 g/mol. The number of thioether (sulfide) groups is 1. The summed E-state index contributed by atoms with van der Waals surface area (Å²) in [6.07, 6.45) is 4.79. The molecule has 4 nitrogen and oxygen atoms in total. The highest BCUT2D eigenvalue weighted by molar-refractivity contribution is 7.99. The summed E-state index contributed by atoms with van der Waals surface area (Å²) in [5, 5.41) is 0. The predicted octanol–water partition coefficient (Wildman–Crippen LogP) is 1.17. The molecule has 0 amide bonds. The fraction of sp³-hybridized carbons (Fsp3) is 0.750. The lowest BCUT2D eigenvalue weighted by Crippen LogP contribution is -1.89. The van der Waals surface area contributed by atoms with Crippen LogP contribution in [0.2, 0.25) is 0 Å². The van der Waals surface area contributed by atoms with E-state index in [1.807, 2.05) is 0 Å². The van der Waals surface area contributed by atoms with Crippen LogP contribution in [0.3, 0.4) is 0 Å². The zero-order chi connectivity index (χ0) is 9.78. The molecular formula is C8H12N2O2S. The Morgan fingerprint density at radius 2 is 1.38 bits per heavy atom. The Labute approximate surface area is 81.5 Å². The normalized spacial score (nSPS) is 8.62. The predicted molar refractivity (Wildman–Crippen MR) is 52.5 cm³/mol. The number of hydrogen-bond acceptors (Lipinski definition) is 5. The molecule has 0 bridgehead atoms. The molecule has 0 fully saturated rings. The molecule has 0 unspecified atom stereocenters. The second-order valence-corrected chi connectivity index (χ2v) is 3.49. The van der Waals surface area contributed by atoms with E-state index in [0.717, 1.165) is 24.3 Å². The number of carbonyl (C=O) groups excluding carboxylic acids is 2. The van der Waals surface area contributed by atoms with Crippen molar-refractivity contribution in [3.8, 4) is 0 Å². The van der Waals surface area contributed by atoms with Crippen molar-refractivity contribution in [2.24, 2.45) is 9.98 Å². The van der Waals surface area contributed by atoms with Gasteiger partial charge in [-0.25, -0.2) is 19.6 Å². The Balaban J connectivity index is 2.99. The molecule has 0 aliphatic heterocycles. The molecule has 0 rings (SSSR count). The highest BCUT2D eigenvalue weighted by atomic mass is 32.2. The average Bonchev–Trinajstić information content (AvgIpc) is 2.16. The zero-order valence-electron chi connectivity index (χ0n) is 7.36. The Morgan fingerprint density at radius 1 is 0.923 bits per heavy atom. The van der Waals surface area contributed by atoms with Crippen LogP contribution in [-0.4, -0.2) is 36.8 Å². The van der Waals surface area contributed by atoms with E-state index < -0.39 is 0 Å². The summed E-state index contributed by atoms with van der Waals surface area (Å²) < 4.78 is 0. The first-order valence-electron chi connectivity index (χ1n) is 4.07. The number of nitrogens with zero attached hydrogens (tertiary/aromatic N) is 2. The van der Waals surface area contributed by atoms with Crippen molar-refractivity contribution in [1.29, 1.82) is 0 Å². The van der Waals surface area contributed by atoms with Gasteiger partial charge in [-0.05, 0) is 24.3 Å². The van der Waals surface area contributed by atoms with Gasteiger partial charge in [0, 0.05) is 0 Å². The van der Waals surface area contributed by atoms with Crippen molar-refractivity contribution in [2.75, 3.05) is 24.6 Å². The van der Waals surface area contributed by atoms with Crippen LogP contribution in [0.5, 0.6) is 0 Å². The van der Waals surface area contributed by atoms with Crippen molar-refractivity contribution >= 4 is 23.9 Å². The van der Waals surface area contributed by atoms with Crippen molar-refractivity contribution < 1.29 is 9.59 Å². The summed E-state index contributed by atoms with van der Waals surface area (Å²) in [6, 6.07) is 0. The van der Waals surface area contributed by atoms with Crippen LogP contribution >= 0.6 is 11.8 Å². The SMILES string of the molecule is O=C=NCCCSCCCN=C=O. The highest BCUT2D eigenvalue weighted by Crippen LogP contribution is 2.04. The summed E-state index contributed by atoms with van der Waals surface area (Å²) in [5.74, 6) is 1.96. The van der Waals surface area contributed by atoms with Gasteiger partial charge in [0.1, 0.15) is 0 Å². The fourth-order valence-corrected chi connectivity index (χ4v) is 1.56. The minimum absolute atomic E-state index is 0.559. The lowest BCUT2D eigenvalue weighted by molar-refractivity contribution is 0.562. The van der Waals surface area contributed by atoms with Crippen LogP contribution in [-0.2, 0) is 9.59 Å². The fourth-order valence-electron chi connectivity index (χ4n) is 0.685. The second-order valence-electron chi connectivity index (χ2n) is 2.27. The zero-order valence-corrected chi connectivity index (χ0v) is 8.18. The lowest BCUT2D eigenvalue weighted by Gasteiger charge is -1.96. The smallest absolute Gasteiger partial charge is 0.211 e. The topological polar surface area (TPSA) is 58.9 Å². The molecule has 0 aliphatic rings. The Bertz CT molecular complexity index is 186. The maximum atomic E-state index is 9.66. The van der Waals surface area contributed by atoms with Gasteiger partial charge in [0.15, 0.2) is 0 Å². The minimum atomic E-state index is 0.559. The lowest BCUT2D eigenvalue weighted by atomic mass is 10.5. The summed E-state index contributed by atoms with van der Waals surface area (Å²) in [4.78, 5) is 26.2. The van der Waals surface area contributed by atoms with Gasteiger partial charge in [-0.2, -0.15) is 11.8 Å². The standard InChI is InChI=1S/C8H12N2O2S/c11-7-9-3-1-5-13-6-2-4-10-8-12/h1-6H2. The van der Waals surface area contributed by atoms with Crippen LogP contribution < -0.4 is 0 Å². The molecule has 13 heavy (non-hydrogen) atoms. The molecule has 0 saturated heterocycles. The van der Waals surface area contributed by atoms with Crippen molar-refractivity contribution in [3.05, 3.63) is 0 Å². The Kier molecular flexibility index (Phi) is 10.3. The van der Waals surface area contributed by atoms with Gasteiger partial charge in [-0.1, -0.05) is 0 Å². The molecule has 0 N–H and O–H groups in total. The maximum absolute atomic E-state index is 9.66. The van der Waals surface area contributed by atoms with E-state index in [4.69, 9.17) is 0 Å². The molecule has 0 aromatic carbocycles. The van der Waals surface area contributed by atoms with Crippen molar-refractivity contribution in [2.45, 2.75) is 12.8 Å². The third kappa shape index (κ3) is 11.1. The van der Waals surface area contributed by atoms with Gasteiger partial charge in [0.05, 0.1) is 13.1 Å². The summed E-state index contributed by atoms with van der Waals surface area (Å²) in [6.45, 7) is 1.12. The summed E-state index contributed by atoms with van der Waals surface area (Å²) >= 11 is 1.77. The van der Waals surface area contributed by atoms with Crippen LogP contribution in [0.4, 0.5) is 0 Å². The first-order chi connectivity index (χ1) is 6.41. The van der Waals surface area contributed by atoms with E-state index in [1.54, 1.807) is 11.8 Å². The number of isocyanates is 2. The Hall–Kier alpha value is -0.890. The molecule has 0 aliphatic carbocycles. The van der Waals surface area contributed by atoms with E-state index in [1.165, 1.54) is 12.2 Å². The molecule has 0 aromatic rings. The largest absolute Gasteiger partial charge is 0.234 e. The van der Waals surface area contributed by atoms with E-state index >= 15 is 0 Å². The molecule has 5 heteroatoms. The van der Waals surface area contributed by atoms with E-state index in [0.29, 0.717) is 13.1 Å². The molecule has 0 atom stereocenters. The van der Waals surface area contributed by atoms with Crippen molar-refractivity contribution in [3.63, 3.8) is 0 Å². The van der Waals surface area contributed by atoms with Crippen LogP contribution in [0.25, 0.3) is 0 Å². The molecule has 0 saturated carbocycles. The highest BCUT2D eigenvalue weighted by Gasteiger charge is 1.89. The van der Waals surface area contributed by atoms with Gasteiger partial charge >= 0.3 is 0 Å². The molecule has 0 spiro atoms. The molecule has 0 aromatic heterocycles. The Morgan fingerprint density at radius 3 is 1.77 bits per heavy atom. The third-order valence-corrected chi connectivity index (χ3v) is 2.40. The molecule has 0 radical (unpaired) electrons. The summed E-state index contributed by atoms with van der Waals surface area (Å²) in [5.41, 5.74) is 0. The monoisotopic (exact) mass is 200 g/mol. The summed E-state index contributed by atoms with van der Waals surface area (Å²) in [7, 11) is 0. The number of hydrogen-bond donors (Lipinski definition) is 0. The number of aliphatic imine (C=N–C) groups is 2. The van der Waals surface area contributed by atoms with Gasteiger partial charge in [-0.15, -0.1) is 0 Å². The van der Waals surface area contributed by atoms with Crippen LogP contribution in [0, 0.1) is 0 Å². The first-order valence-corrected chi connectivity index (χ1v) is 5.22. The van der Waals surface area contributed by atoms with Gasteiger partial charge in [-0.3, -0.25) is 0 Å². The van der Waals surface area contributed by atoms with Gasteiger partial charge in [0.25, 0.3) is 0 Å². The van der Waals surface area contributed by atoms with Gasteiger partial charge in [0.2, 0.25) is 12.2 Å². The van der Waals surface area contributed by atoms with Crippen LogP contribution in [0.15, 0.2) is 9.98 Å². The third-order valence-electron chi connectivity index (χ3n) is 1.25. The van der Waals surface area contributed by atoms with E-state index in [9.17, 15) is 9.59 Å². The first kappa shape index (κ1) is 12.1. The van der Waals surface area contributed by atoms with Gasteiger partial charge < -0.3 is 0 Å². The second kappa shape index (κ2) is 11.1. The molecular weight excluding hydrogens is 188 g/mol. The van der Waals surface area contributed by atoms with Crippen LogP contribution in [0.1, 0.15) is 12.8 Å². The number of rotatable bonds is 8. The maximum Gasteiger partial charge on any atom is 0.234 e. The van der Waals surface area contributed by atoms with Crippen molar-refractivity contribution in [1.82, 2.24) is 0 Å². The molecule has 0 heterocycles. The van der Waals surface area contributed by atoms with E-state index in [2.05, 4.69) is 9.98 Å². The minimum Gasteiger partial charge on any atom is -0.211 e. The quantitative estimate of drug-likeness (QED) is 0.336.